The molecule has 0 aliphatic rings. The van der Waals surface area contributed by atoms with E-state index in [2.05, 4.69) is 12.2 Å². The van der Waals surface area contributed by atoms with Crippen LogP contribution in [0.25, 0.3) is 0 Å². The highest BCUT2D eigenvalue weighted by Gasteiger charge is 2.17. The van der Waals surface area contributed by atoms with E-state index in [9.17, 15) is 4.79 Å². The minimum absolute atomic E-state index is 0.171. The van der Waals surface area contributed by atoms with E-state index < -0.39 is 6.29 Å². The third-order valence-corrected chi connectivity index (χ3v) is 5.86. The van der Waals surface area contributed by atoms with Gasteiger partial charge in [-0.05, 0) is 50.1 Å². The third-order valence-electron chi connectivity index (χ3n) is 5.86. The molecule has 0 saturated carbocycles. The molecular weight excluding hydrogens is 472 g/mol. The van der Waals surface area contributed by atoms with Gasteiger partial charge >= 0.3 is 6.03 Å². The van der Waals surface area contributed by atoms with E-state index in [1.54, 1.807) is 32.4 Å². The summed E-state index contributed by atoms with van der Waals surface area (Å²) in [5.41, 5.74) is 1.62. The number of rotatable bonds is 18. The van der Waals surface area contributed by atoms with Crippen LogP contribution in [0.1, 0.15) is 58.4 Å². The molecule has 2 rings (SSSR count). The lowest BCUT2D eigenvalue weighted by atomic mass is 10.1. The minimum Gasteiger partial charge on any atom is -0.497 e. The maximum atomic E-state index is 13.3. The molecule has 2 amide bonds. The summed E-state index contributed by atoms with van der Waals surface area (Å²) in [6.07, 6.45) is 5.23. The van der Waals surface area contributed by atoms with Crippen molar-refractivity contribution in [2.24, 2.45) is 0 Å². The quantitative estimate of drug-likeness (QED) is 0.180. The number of carbonyl (C=O) groups is 1. The zero-order valence-corrected chi connectivity index (χ0v) is 23.1. The number of hydrogen-bond donors (Lipinski definition) is 1. The summed E-state index contributed by atoms with van der Waals surface area (Å²) in [4.78, 5) is 15.1. The van der Waals surface area contributed by atoms with Gasteiger partial charge in [-0.1, -0.05) is 44.7 Å². The van der Waals surface area contributed by atoms with Crippen LogP contribution in [-0.4, -0.2) is 57.8 Å². The molecule has 8 nitrogen and oxygen atoms in total. The minimum atomic E-state index is -0.392. The van der Waals surface area contributed by atoms with E-state index in [-0.39, 0.29) is 6.03 Å². The van der Waals surface area contributed by atoms with Crippen molar-refractivity contribution in [1.82, 2.24) is 4.90 Å². The van der Waals surface area contributed by atoms with Crippen LogP contribution >= 0.6 is 0 Å². The summed E-state index contributed by atoms with van der Waals surface area (Å²) in [6.45, 7) is 8.64. The van der Waals surface area contributed by atoms with Crippen LogP contribution < -0.4 is 19.5 Å². The summed E-state index contributed by atoms with van der Waals surface area (Å²) in [5, 5.41) is 3.01. The first-order valence-electron chi connectivity index (χ1n) is 13.3. The molecule has 0 heterocycles. The zero-order chi connectivity index (χ0) is 26.9. The summed E-state index contributed by atoms with van der Waals surface area (Å²) >= 11 is 0. The standard InChI is InChI=1S/C29H44N2O6/c1-6-9-10-11-12-19-31(29(32)30-26-18-17-25(33-4)20-27(26)34-5)21-23-13-15-24(16-14-23)37-22-28(35-7-2)36-8-3/h13-18,20,28H,6-12,19,21-22H2,1-5H3,(H,30,32). The van der Waals surface area contributed by atoms with E-state index in [0.29, 0.717) is 50.1 Å². The summed E-state index contributed by atoms with van der Waals surface area (Å²) in [5.74, 6) is 1.94. The van der Waals surface area contributed by atoms with Crippen molar-refractivity contribution in [3.05, 3.63) is 48.0 Å². The lowest BCUT2D eigenvalue weighted by molar-refractivity contribution is -0.152. The fourth-order valence-corrected chi connectivity index (χ4v) is 3.85. The lowest BCUT2D eigenvalue weighted by Crippen LogP contribution is -2.35. The molecule has 0 aliphatic heterocycles. The van der Waals surface area contributed by atoms with Crippen LogP contribution in [0.2, 0.25) is 0 Å². The fourth-order valence-electron chi connectivity index (χ4n) is 3.85. The highest BCUT2D eigenvalue weighted by atomic mass is 16.7. The number of nitrogens with zero attached hydrogens (tertiary/aromatic N) is 1. The molecule has 0 radical (unpaired) electrons. The SMILES string of the molecule is CCCCCCCN(Cc1ccc(OCC(OCC)OCC)cc1)C(=O)Nc1ccc(OC)cc1OC. The monoisotopic (exact) mass is 516 g/mol. The molecule has 0 bridgehead atoms. The van der Waals surface area contributed by atoms with Crippen molar-refractivity contribution >= 4 is 11.7 Å². The normalized spacial score (nSPS) is 10.9. The van der Waals surface area contributed by atoms with Gasteiger partial charge in [-0.15, -0.1) is 0 Å². The predicted molar refractivity (Wildman–Crippen MR) is 147 cm³/mol. The van der Waals surface area contributed by atoms with Gasteiger partial charge in [0.15, 0.2) is 6.29 Å². The number of methoxy groups -OCH3 is 2. The fraction of sp³-hybridized carbons (Fsp3) is 0.552. The Bertz CT molecular complexity index is 900. The molecule has 0 atom stereocenters. The second kappa shape index (κ2) is 17.5. The number of ether oxygens (including phenoxy) is 5. The number of nitrogens with one attached hydrogen (secondary N) is 1. The maximum Gasteiger partial charge on any atom is 0.322 e. The van der Waals surface area contributed by atoms with Crippen LogP contribution in [-0.2, 0) is 16.0 Å². The lowest BCUT2D eigenvalue weighted by Gasteiger charge is -2.24. The number of amides is 2. The molecule has 0 saturated heterocycles. The summed E-state index contributed by atoms with van der Waals surface area (Å²) in [6, 6.07) is 13.0. The average Bonchev–Trinajstić information content (AvgIpc) is 2.92. The Labute approximate surface area is 222 Å². The van der Waals surface area contributed by atoms with Crippen molar-refractivity contribution in [2.45, 2.75) is 65.7 Å². The number of urea groups is 1. The molecule has 1 N–H and O–H groups in total. The molecule has 2 aromatic carbocycles. The van der Waals surface area contributed by atoms with E-state index >= 15 is 0 Å². The van der Waals surface area contributed by atoms with Gasteiger partial charge in [0, 0.05) is 32.4 Å². The Balaban J connectivity index is 2.05. The Morgan fingerprint density at radius 3 is 2.16 bits per heavy atom. The predicted octanol–water partition coefficient (Wildman–Crippen LogP) is 6.49. The van der Waals surface area contributed by atoms with Crippen molar-refractivity contribution in [3.63, 3.8) is 0 Å². The molecule has 0 unspecified atom stereocenters. The Morgan fingerprint density at radius 2 is 1.54 bits per heavy atom. The van der Waals surface area contributed by atoms with Gasteiger partial charge in [0.25, 0.3) is 0 Å². The molecule has 206 valence electrons. The second-order valence-electron chi connectivity index (χ2n) is 8.63. The van der Waals surface area contributed by atoms with Gasteiger partial charge in [-0.25, -0.2) is 4.79 Å². The van der Waals surface area contributed by atoms with Crippen molar-refractivity contribution in [2.75, 3.05) is 45.9 Å². The number of hydrogen-bond acceptors (Lipinski definition) is 6. The van der Waals surface area contributed by atoms with Gasteiger partial charge in [0.05, 0.1) is 19.9 Å². The highest BCUT2D eigenvalue weighted by molar-refractivity contribution is 5.91. The smallest absolute Gasteiger partial charge is 0.322 e. The Hall–Kier alpha value is -2.97. The summed E-state index contributed by atoms with van der Waals surface area (Å²) < 4.78 is 27.6. The Morgan fingerprint density at radius 1 is 0.865 bits per heavy atom. The van der Waals surface area contributed by atoms with E-state index in [4.69, 9.17) is 23.7 Å². The van der Waals surface area contributed by atoms with Gasteiger partial charge in [-0.2, -0.15) is 0 Å². The van der Waals surface area contributed by atoms with Gasteiger partial charge in [-0.3, -0.25) is 0 Å². The van der Waals surface area contributed by atoms with Crippen molar-refractivity contribution in [3.8, 4) is 17.2 Å². The molecule has 0 aromatic heterocycles. The van der Waals surface area contributed by atoms with Crippen molar-refractivity contribution < 1.29 is 28.5 Å². The van der Waals surface area contributed by atoms with E-state index in [0.717, 1.165) is 24.2 Å². The molecule has 2 aromatic rings. The van der Waals surface area contributed by atoms with Crippen LogP contribution in [0.5, 0.6) is 17.2 Å². The van der Waals surface area contributed by atoms with Crippen LogP contribution in [0.3, 0.4) is 0 Å². The molecular formula is C29H44N2O6. The largest absolute Gasteiger partial charge is 0.497 e. The topological polar surface area (TPSA) is 78.5 Å². The van der Waals surface area contributed by atoms with Crippen LogP contribution in [0.4, 0.5) is 10.5 Å². The van der Waals surface area contributed by atoms with Crippen LogP contribution in [0, 0.1) is 0 Å². The third kappa shape index (κ3) is 10.9. The van der Waals surface area contributed by atoms with Gasteiger partial charge in [0.1, 0.15) is 23.9 Å². The first-order valence-corrected chi connectivity index (χ1v) is 13.3. The van der Waals surface area contributed by atoms with E-state index in [1.807, 2.05) is 43.0 Å². The Kier molecular flexibility index (Phi) is 14.3. The van der Waals surface area contributed by atoms with Gasteiger partial charge in [0.2, 0.25) is 0 Å². The van der Waals surface area contributed by atoms with E-state index in [1.165, 1.54) is 19.3 Å². The number of anilines is 1. The molecule has 8 heteroatoms. The number of carbonyl (C=O) groups excluding carboxylic acids is 1. The van der Waals surface area contributed by atoms with Crippen LogP contribution in [0.15, 0.2) is 42.5 Å². The number of benzene rings is 2. The maximum absolute atomic E-state index is 13.3. The number of unbranched alkanes of at least 4 members (excludes halogenated alkanes) is 4. The zero-order valence-electron chi connectivity index (χ0n) is 23.1. The molecule has 0 fully saturated rings. The molecule has 37 heavy (non-hydrogen) atoms. The molecule has 0 spiro atoms. The first kappa shape index (κ1) is 30.3. The summed E-state index contributed by atoms with van der Waals surface area (Å²) in [7, 11) is 3.17. The van der Waals surface area contributed by atoms with Gasteiger partial charge < -0.3 is 33.9 Å². The molecule has 0 aliphatic carbocycles. The van der Waals surface area contributed by atoms with Crippen molar-refractivity contribution in [1.29, 1.82) is 0 Å². The second-order valence-corrected chi connectivity index (χ2v) is 8.63. The average molecular weight is 517 g/mol. The highest BCUT2D eigenvalue weighted by Crippen LogP contribution is 2.29. The first-order chi connectivity index (χ1) is 18.0.